The molecule has 2 heterocycles. The summed E-state index contributed by atoms with van der Waals surface area (Å²) in [5.41, 5.74) is 0.906. The molecule has 0 saturated carbocycles. The maximum atomic E-state index is 14.3. The minimum atomic E-state index is -0.471. The van der Waals surface area contributed by atoms with Crippen LogP contribution in [-0.2, 0) is 17.8 Å². The summed E-state index contributed by atoms with van der Waals surface area (Å²) in [6.07, 6.45) is 4.50. The van der Waals surface area contributed by atoms with Crippen molar-refractivity contribution in [1.29, 1.82) is 0 Å². The molecule has 0 spiro atoms. The number of carbonyl (C=O) groups excluding carboxylic acids is 1. The van der Waals surface area contributed by atoms with Gasteiger partial charge >= 0.3 is 0 Å². The molecule has 30 heavy (non-hydrogen) atoms. The Morgan fingerprint density at radius 1 is 1.17 bits per heavy atom. The van der Waals surface area contributed by atoms with Crippen LogP contribution in [0.3, 0.4) is 0 Å². The number of halogens is 2. The highest BCUT2D eigenvalue weighted by Gasteiger charge is 2.17. The van der Waals surface area contributed by atoms with Crippen LogP contribution in [0.1, 0.15) is 31.5 Å². The van der Waals surface area contributed by atoms with Gasteiger partial charge in [0.1, 0.15) is 11.6 Å². The third-order valence-electron chi connectivity index (χ3n) is 5.03. The number of rotatable bonds is 6. The molecule has 5 nitrogen and oxygen atoms in total. The molecule has 3 aromatic rings. The molecule has 1 amide bonds. The Bertz CT molecular complexity index is 1060. The Kier molecular flexibility index (Phi) is 6.69. The zero-order chi connectivity index (χ0) is 20.9. The average molecular weight is 445 g/mol. The van der Waals surface area contributed by atoms with Crippen molar-refractivity contribution < 1.29 is 9.18 Å². The Labute approximate surface area is 184 Å². The Balaban J connectivity index is 1.43. The minimum absolute atomic E-state index is 0.159. The van der Waals surface area contributed by atoms with E-state index in [0.29, 0.717) is 10.8 Å². The van der Waals surface area contributed by atoms with E-state index in [2.05, 4.69) is 20.1 Å². The maximum absolute atomic E-state index is 14.3. The predicted octanol–water partition coefficient (Wildman–Crippen LogP) is 5.58. The summed E-state index contributed by atoms with van der Waals surface area (Å²) in [5, 5.41) is 12.0. The van der Waals surface area contributed by atoms with Crippen LogP contribution in [0.2, 0.25) is 5.02 Å². The maximum Gasteiger partial charge on any atom is 0.225 e. The molecule has 1 aliphatic rings. The van der Waals surface area contributed by atoms with Crippen LogP contribution in [0, 0.1) is 5.82 Å². The first-order chi connectivity index (χ1) is 14.6. The van der Waals surface area contributed by atoms with E-state index in [1.165, 1.54) is 24.2 Å². The number of amides is 1. The van der Waals surface area contributed by atoms with Gasteiger partial charge in [0.15, 0.2) is 5.82 Å². The second-order valence-electron chi connectivity index (χ2n) is 7.17. The third kappa shape index (κ3) is 4.84. The van der Waals surface area contributed by atoms with E-state index in [1.54, 1.807) is 12.1 Å². The van der Waals surface area contributed by atoms with Gasteiger partial charge < -0.3 is 9.88 Å². The highest BCUT2D eigenvalue weighted by atomic mass is 35.5. The second-order valence-corrected chi connectivity index (χ2v) is 8.72. The highest BCUT2D eigenvalue weighted by Crippen LogP contribution is 2.28. The van der Waals surface area contributed by atoms with Crippen LogP contribution >= 0.6 is 23.4 Å². The predicted molar refractivity (Wildman–Crippen MR) is 118 cm³/mol. The smallest absolute Gasteiger partial charge is 0.225 e. The number of carbonyl (C=O) groups is 1. The molecule has 0 radical (unpaired) electrons. The van der Waals surface area contributed by atoms with Crippen LogP contribution in [0.25, 0.3) is 11.4 Å². The minimum Gasteiger partial charge on any atom is -0.324 e. The van der Waals surface area contributed by atoms with Gasteiger partial charge in [-0.05, 0) is 43.2 Å². The monoisotopic (exact) mass is 444 g/mol. The summed E-state index contributed by atoms with van der Waals surface area (Å²) in [6, 6.07) is 12.2. The van der Waals surface area contributed by atoms with E-state index in [4.69, 9.17) is 11.6 Å². The van der Waals surface area contributed by atoms with Gasteiger partial charge in [-0.15, -0.1) is 22.0 Å². The summed E-state index contributed by atoms with van der Waals surface area (Å²) in [6.45, 7) is 0.857. The lowest BCUT2D eigenvalue weighted by Gasteiger charge is -2.10. The summed E-state index contributed by atoms with van der Waals surface area (Å²) in [4.78, 5) is 13.3. The molecule has 0 aliphatic carbocycles. The van der Waals surface area contributed by atoms with Crippen LogP contribution in [0.15, 0.2) is 47.4 Å². The number of hydrogen-bond donors (Lipinski definition) is 1. The number of aryl methyl sites for hydroxylation is 1. The molecule has 0 unspecified atom stereocenters. The zero-order valence-corrected chi connectivity index (χ0v) is 18.0. The average Bonchev–Trinajstić information content (AvgIpc) is 2.99. The molecule has 1 aromatic heterocycles. The molecule has 4 rings (SSSR count). The molecular weight excluding hydrogens is 423 g/mol. The summed E-state index contributed by atoms with van der Waals surface area (Å²) >= 11 is 7.63. The van der Waals surface area contributed by atoms with Gasteiger partial charge in [-0.3, -0.25) is 4.79 Å². The first-order valence-electron chi connectivity index (χ1n) is 10.0. The topological polar surface area (TPSA) is 59.8 Å². The second kappa shape index (κ2) is 9.62. The number of aromatic nitrogens is 3. The molecule has 156 valence electrons. The van der Waals surface area contributed by atoms with E-state index in [-0.39, 0.29) is 18.0 Å². The van der Waals surface area contributed by atoms with Crippen LogP contribution in [0.5, 0.6) is 0 Å². The van der Waals surface area contributed by atoms with Crippen molar-refractivity contribution in [2.75, 3.05) is 11.1 Å². The lowest BCUT2D eigenvalue weighted by Crippen LogP contribution is -2.13. The third-order valence-corrected chi connectivity index (χ3v) is 6.55. The van der Waals surface area contributed by atoms with Gasteiger partial charge in [-0.25, -0.2) is 4.39 Å². The normalized spacial score (nSPS) is 13.5. The lowest BCUT2D eigenvalue weighted by atomic mass is 10.1. The van der Waals surface area contributed by atoms with Crippen molar-refractivity contribution >= 4 is 35.0 Å². The molecular formula is C22H22ClFN4OS. The number of thioether (sulfide) groups is 1. The summed E-state index contributed by atoms with van der Waals surface area (Å²) in [7, 11) is 0. The fourth-order valence-electron chi connectivity index (χ4n) is 3.49. The molecule has 1 N–H and O–H groups in total. The number of fused-ring (bicyclic) bond motifs is 1. The molecule has 0 atom stereocenters. The van der Waals surface area contributed by atoms with E-state index in [0.717, 1.165) is 47.9 Å². The largest absolute Gasteiger partial charge is 0.324 e. The number of anilines is 1. The van der Waals surface area contributed by atoms with Crippen molar-refractivity contribution in [3.63, 3.8) is 0 Å². The Hall–Kier alpha value is -2.38. The van der Waals surface area contributed by atoms with Gasteiger partial charge in [-0.1, -0.05) is 30.2 Å². The first-order valence-corrected chi connectivity index (χ1v) is 11.4. The van der Waals surface area contributed by atoms with Crippen molar-refractivity contribution in [2.24, 2.45) is 0 Å². The molecule has 0 bridgehead atoms. The quantitative estimate of drug-likeness (QED) is 0.504. The Morgan fingerprint density at radius 3 is 2.90 bits per heavy atom. The fourth-order valence-corrected chi connectivity index (χ4v) is 4.67. The van der Waals surface area contributed by atoms with E-state index in [9.17, 15) is 9.18 Å². The first kappa shape index (κ1) is 20.9. The number of nitrogens with one attached hydrogen (secondary N) is 1. The van der Waals surface area contributed by atoms with Crippen LogP contribution in [-0.4, -0.2) is 26.4 Å². The zero-order valence-electron chi connectivity index (χ0n) is 16.4. The van der Waals surface area contributed by atoms with Crippen molar-refractivity contribution in [3.8, 4) is 11.4 Å². The number of hydrogen-bond acceptors (Lipinski definition) is 4. The van der Waals surface area contributed by atoms with E-state index in [1.807, 2.05) is 24.3 Å². The molecule has 8 heteroatoms. The van der Waals surface area contributed by atoms with Crippen LogP contribution in [0.4, 0.5) is 10.1 Å². The van der Waals surface area contributed by atoms with Gasteiger partial charge in [0.2, 0.25) is 5.91 Å². The standard InChI is InChI=1S/C22H22ClFN4OS/c23-16-6-3-4-7-19(16)30-13-11-21(29)25-18-14-15(9-10-17(18)24)22-27-26-20-8-2-1-5-12-28(20)22/h3-4,6-7,9-10,14H,1-2,5,8,11-13H2,(H,25,29). The number of nitrogens with zero attached hydrogens (tertiary/aromatic N) is 3. The summed E-state index contributed by atoms with van der Waals surface area (Å²) in [5.74, 6) is 1.52. The molecule has 0 saturated heterocycles. The van der Waals surface area contributed by atoms with Crippen molar-refractivity contribution in [2.45, 2.75) is 43.5 Å². The lowest BCUT2D eigenvalue weighted by molar-refractivity contribution is -0.115. The van der Waals surface area contributed by atoms with Gasteiger partial charge in [0, 0.05) is 35.6 Å². The Morgan fingerprint density at radius 2 is 2.03 bits per heavy atom. The van der Waals surface area contributed by atoms with Crippen LogP contribution < -0.4 is 5.32 Å². The van der Waals surface area contributed by atoms with E-state index < -0.39 is 5.82 Å². The van der Waals surface area contributed by atoms with Gasteiger partial charge in [-0.2, -0.15) is 0 Å². The SMILES string of the molecule is O=C(CCSc1ccccc1Cl)Nc1cc(-c2nnc3n2CCCCC3)ccc1F. The fraction of sp³-hybridized carbons (Fsp3) is 0.318. The molecule has 1 aliphatic heterocycles. The molecule has 0 fully saturated rings. The van der Waals surface area contributed by atoms with E-state index >= 15 is 0 Å². The highest BCUT2D eigenvalue weighted by molar-refractivity contribution is 7.99. The van der Waals surface area contributed by atoms with Crippen molar-refractivity contribution in [1.82, 2.24) is 14.8 Å². The van der Waals surface area contributed by atoms with Gasteiger partial charge in [0.25, 0.3) is 0 Å². The van der Waals surface area contributed by atoms with Crippen molar-refractivity contribution in [3.05, 3.63) is 59.1 Å². The van der Waals surface area contributed by atoms with Gasteiger partial charge in [0.05, 0.1) is 10.7 Å². The summed E-state index contributed by atoms with van der Waals surface area (Å²) < 4.78 is 16.4. The molecule has 2 aromatic carbocycles. The number of benzene rings is 2.